The Balaban J connectivity index is 2.14. The maximum Gasteiger partial charge on any atom is 0.419 e. The molecule has 1 aliphatic rings. The van der Waals surface area contributed by atoms with E-state index in [1.165, 1.54) is 18.2 Å². The second-order valence-electron chi connectivity index (χ2n) is 3.86. The molecule has 0 aliphatic heterocycles. The Bertz CT molecular complexity index is 370. The molecule has 1 fully saturated rings. The van der Waals surface area contributed by atoms with Crippen molar-refractivity contribution in [2.45, 2.75) is 31.2 Å². The first-order valence-corrected chi connectivity index (χ1v) is 4.98. The lowest BCUT2D eigenvalue weighted by Gasteiger charge is -2.32. The highest BCUT2D eigenvalue weighted by Gasteiger charge is 2.36. The maximum absolute atomic E-state index is 12.6. The summed E-state index contributed by atoms with van der Waals surface area (Å²) in [6.45, 7) is 0. The van der Waals surface area contributed by atoms with Crippen LogP contribution in [0.2, 0.25) is 0 Å². The second-order valence-corrected chi connectivity index (χ2v) is 3.86. The molecule has 1 saturated carbocycles. The minimum atomic E-state index is -4.40. The molecule has 0 bridgehead atoms. The zero-order valence-corrected chi connectivity index (χ0v) is 8.37. The van der Waals surface area contributed by atoms with Gasteiger partial charge < -0.3 is 9.84 Å². The smallest absolute Gasteiger partial charge is 0.419 e. The average molecular weight is 232 g/mol. The van der Waals surface area contributed by atoms with Gasteiger partial charge in [0.1, 0.15) is 11.9 Å². The summed E-state index contributed by atoms with van der Waals surface area (Å²) in [6.07, 6.45) is -4.36. The number of halogens is 3. The lowest BCUT2D eigenvalue weighted by molar-refractivity contribution is -0.140. The Morgan fingerprint density at radius 2 is 1.81 bits per heavy atom. The number of aliphatic hydroxyl groups excluding tert-OH is 1. The second kappa shape index (κ2) is 3.97. The minimum absolute atomic E-state index is 0.160. The van der Waals surface area contributed by atoms with E-state index in [0.717, 1.165) is 6.07 Å². The van der Waals surface area contributed by atoms with E-state index in [9.17, 15) is 13.2 Å². The standard InChI is InChI=1S/C11H11F3O2/c12-11(13,14)9-3-1-2-4-10(9)16-8-5-7(15)6-8/h1-4,7-8,15H,5-6H2. The summed E-state index contributed by atoms with van der Waals surface area (Å²) in [5, 5.41) is 9.02. The van der Waals surface area contributed by atoms with E-state index in [4.69, 9.17) is 9.84 Å². The molecule has 0 unspecified atom stereocenters. The van der Waals surface area contributed by atoms with Gasteiger partial charge in [0.15, 0.2) is 0 Å². The summed E-state index contributed by atoms with van der Waals surface area (Å²) < 4.78 is 42.9. The molecule has 16 heavy (non-hydrogen) atoms. The van der Waals surface area contributed by atoms with E-state index in [1.54, 1.807) is 0 Å². The zero-order chi connectivity index (χ0) is 11.8. The van der Waals surface area contributed by atoms with Crippen LogP contribution in [0.15, 0.2) is 24.3 Å². The van der Waals surface area contributed by atoms with Crippen LogP contribution in [0.25, 0.3) is 0 Å². The van der Waals surface area contributed by atoms with Gasteiger partial charge in [0.05, 0.1) is 11.7 Å². The topological polar surface area (TPSA) is 29.5 Å². The molecule has 2 rings (SSSR count). The number of ether oxygens (including phenoxy) is 1. The normalized spacial score (nSPS) is 25.0. The molecule has 0 amide bonds. The third-order valence-corrected chi connectivity index (χ3v) is 2.56. The van der Waals surface area contributed by atoms with Crippen molar-refractivity contribution in [1.82, 2.24) is 0 Å². The molecule has 0 spiro atoms. The molecular formula is C11H11F3O2. The van der Waals surface area contributed by atoms with Crippen molar-refractivity contribution in [3.8, 4) is 5.75 Å². The van der Waals surface area contributed by atoms with Crippen molar-refractivity contribution in [2.75, 3.05) is 0 Å². The number of alkyl halides is 3. The number of aliphatic hydroxyl groups is 1. The summed E-state index contributed by atoms with van der Waals surface area (Å²) in [4.78, 5) is 0. The first-order chi connectivity index (χ1) is 7.47. The Morgan fingerprint density at radius 3 is 2.38 bits per heavy atom. The van der Waals surface area contributed by atoms with Gasteiger partial charge in [-0.1, -0.05) is 12.1 Å². The Morgan fingerprint density at radius 1 is 1.19 bits per heavy atom. The zero-order valence-electron chi connectivity index (χ0n) is 8.37. The number of hydrogen-bond donors (Lipinski definition) is 1. The molecule has 1 aliphatic carbocycles. The highest BCUT2D eigenvalue weighted by atomic mass is 19.4. The van der Waals surface area contributed by atoms with E-state index in [0.29, 0.717) is 12.8 Å². The van der Waals surface area contributed by atoms with E-state index in [1.807, 2.05) is 0 Å². The van der Waals surface area contributed by atoms with Crippen LogP contribution in [0, 0.1) is 0 Å². The number of para-hydroxylation sites is 1. The van der Waals surface area contributed by atoms with Gasteiger partial charge in [0.25, 0.3) is 0 Å². The molecule has 2 nitrogen and oxygen atoms in total. The first kappa shape index (κ1) is 11.3. The quantitative estimate of drug-likeness (QED) is 0.849. The number of benzene rings is 1. The van der Waals surface area contributed by atoms with Gasteiger partial charge >= 0.3 is 6.18 Å². The van der Waals surface area contributed by atoms with Gasteiger partial charge in [0.2, 0.25) is 0 Å². The van der Waals surface area contributed by atoms with E-state index >= 15 is 0 Å². The fraction of sp³-hybridized carbons (Fsp3) is 0.455. The summed E-state index contributed by atoms with van der Waals surface area (Å²) >= 11 is 0. The predicted molar refractivity (Wildman–Crippen MR) is 51.1 cm³/mol. The molecule has 0 aromatic heterocycles. The molecule has 1 aromatic carbocycles. The van der Waals surface area contributed by atoms with Crippen molar-refractivity contribution in [2.24, 2.45) is 0 Å². The minimum Gasteiger partial charge on any atom is -0.490 e. The number of rotatable bonds is 2. The SMILES string of the molecule is OC1CC(Oc2ccccc2C(F)(F)F)C1. The summed E-state index contributed by atoms with van der Waals surface area (Å²) in [5.41, 5.74) is -0.767. The molecule has 1 aromatic rings. The van der Waals surface area contributed by atoms with Crippen LogP contribution in [0.4, 0.5) is 13.2 Å². The lowest BCUT2D eigenvalue weighted by atomic mass is 9.92. The molecule has 0 atom stereocenters. The van der Waals surface area contributed by atoms with E-state index in [-0.39, 0.29) is 11.9 Å². The molecule has 0 saturated heterocycles. The molecule has 5 heteroatoms. The van der Waals surface area contributed by atoms with Crippen LogP contribution in [-0.2, 0) is 6.18 Å². The van der Waals surface area contributed by atoms with Gasteiger partial charge in [-0.2, -0.15) is 13.2 Å². The van der Waals surface area contributed by atoms with Crippen LogP contribution < -0.4 is 4.74 Å². The van der Waals surface area contributed by atoms with Crippen molar-refractivity contribution < 1.29 is 23.0 Å². The monoisotopic (exact) mass is 232 g/mol. The molecule has 0 heterocycles. The largest absolute Gasteiger partial charge is 0.490 e. The summed E-state index contributed by atoms with van der Waals surface area (Å²) in [7, 11) is 0. The van der Waals surface area contributed by atoms with Crippen LogP contribution >= 0.6 is 0 Å². The Kier molecular flexibility index (Phi) is 2.80. The Labute approximate surface area is 90.7 Å². The fourth-order valence-corrected chi connectivity index (χ4v) is 1.62. The Hall–Kier alpha value is -1.23. The summed E-state index contributed by atoms with van der Waals surface area (Å²) in [6, 6.07) is 5.11. The van der Waals surface area contributed by atoms with Crippen LogP contribution in [0.3, 0.4) is 0 Å². The third-order valence-electron chi connectivity index (χ3n) is 2.56. The van der Waals surface area contributed by atoms with E-state index < -0.39 is 17.8 Å². The fourth-order valence-electron chi connectivity index (χ4n) is 1.62. The third kappa shape index (κ3) is 2.29. The van der Waals surface area contributed by atoms with Crippen molar-refractivity contribution in [1.29, 1.82) is 0 Å². The van der Waals surface area contributed by atoms with Gasteiger partial charge in [0, 0.05) is 12.8 Å². The molecule has 0 radical (unpaired) electrons. The molecule has 1 N–H and O–H groups in total. The predicted octanol–water partition coefficient (Wildman–Crippen LogP) is 2.61. The van der Waals surface area contributed by atoms with E-state index in [2.05, 4.69) is 0 Å². The first-order valence-electron chi connectivity index (χ1n) is 4.98. The van der Waals surface area contributed by atoms with Crippen molar-refractivity contribution >= 4 is 0 Å². The highest BCUT2D eigenvalue weighted by Crippen LogP contribution is 2.37. The van der Waals surface area contributed by atoms with Gasteiger partial charge in [-0.25, -0.2) is 0 Å². The van der Waals surface area contributed by atoms with Crippen molar-refractivity contribution in [3.05, 3.63) is 29.8 Å². The molecular weight excluding hydrogens is 221 g/mol. The molecule has 88 valence electrons. The van der Waals surface area contributed by atoms with Crippen LogP contribution in [0.1, 0.15) is 18.4 Å². The van der Waals surface area contributed by atoms with Gasteiger partial charge in [-0.05, 0) is 12.1 Å². The maximum atomic E-state index is 12.6. The van der Waals surface area contributed by atoms with Crippen molar-refractivity contribution in [3.63, 3.8) is 0 Å². The lowest BCUT2D eigenvalue weighted by Crippen LogP contribution is -2.37. The van der Waals surface area contributed by atoms with Gasteiger partial charge in [-0.15, -0.1) is 0 Å². The highest BCUT2D eigenvalue weighted by molar-refractivity contribution is 5.35. The van der Waals surface area contributed by atoms with Crippen LogP contribution in [-0.4, -0.2) is 17.3 Å². The number of hydrogen-bond acceptors (Lipinski definition) is 2. The van der Waals surface area contributed by atoms with Crippen LogP contribution in [0.5, 0.6) is 5.75 Å². The summed E-state index contributed by atoms with van der Waals surface area (Å²) in [5.74, 6) is -0.160. The average Bonchev–Trinajstić information content (AvgIpc) is 2.14. The van der Waals surface area contributed by atoms with Gasteiger partial charge in [-0.3, -0.25) is 0 Å².